The Balaban J connectivity index is 2.86. The molecule has 90 valence electrons. The summed E-state index contributed by atoms with van der Waals surface area (Å²) in [6.07, 6.45) is -0.0864. The zero-order chi connectivity index (χ0) is 12.5. The summed E-state index contributed by atoms with van der Waals surface area (Å²) in [4.78, 5) is 35.5. The van der Waals surface area contributed by atoms with Crippen LogP contribution in [-0.4, -0.2) is 28.9 Å². The van der Waals surface area contributed by atoms with Crippen molar-refractivity contribution in [2.24, 2.45) is 5.41 Å². The van der Waals surface area contributed by atoms with Crippen LogP contribution in [0.15, 0.2) is 0 Å². The molecular formula is C11H17NO4. The van der Waals surface area contributed by atoms with Crippen molar-refractivity contribution >= 4 is 17.8 Å². The van der Waals surface area contributed by atoms with E-state index in [1.165, 1.54) is 6.92 Å². The van der Waals surface area contributed by atoms with Crippen LogP contribution in [0.25, 0.3) is 0 Å². The van der Waals surface area contributed by atoms with Crippen LogP contribution in [0.2, 0.25) is 0 Å². The number of rotatable bonds is 1. The van der Waals surface area contributed by atoms with Crippen molar-refractivity contribution in [1.29, 1.82) is 0 Å². The Morgan fingerprint density at radius 1 is 1.38 bits per heavy atom. The van der Waals surface area contributed by atoms with Gasteiger partial charge < -0.3 is 4.74 Å². The first kappa shape index (κ1) is 12.7. The highest BCUT2D eigenvalue weighted by Crippen LogP contribution is 2.26. The molecule has 1 heterocycles. The fraction of sp³-hybridized carbons (Fsp3) is 0.727. The third-order valence-corrected chi connectivity index (χ3v) is 2.32. The molecule has 0 bridgehead atoms. The van der Waals surface area contributed by atoms with Crippen LogP contribution >= 0.6 is 0 Å². The second-order valence-corrected chi connectivity index (χ2v) is 4.92. The number of hydrogen-bond donors (Lipinski definition) is 0. The number of nitrogens with zero attached hydrogens (tertiary/aromatic N) is 1. The average Bonchev–Trinajstić information content (AvgIpc) is 2.43. The molecule has 0 aliphatic carbocycles. The minimum atomic E-state index is -0.725. The summed E-state index contributed by atoms with van der Waals surface area (Å²) < 4.78 is 4.96. The zero-order valence-corrected chi connectivity index (χ0v) is 10.1. The summed E-state index contributed by atoms with van der Waals surface area (Å²) in [6, 6.07) is 0. The number of hydrogen-bond acceptors (Lipinski definition) is 4. The van der Waals surface area contributed by atoms with Gasteiger partial charge in [0.2, 0.25) is 11.8 Å². The quantitative estimate of drug-likeness (QED) is 0.628. The summed E-state index contributed by atoms with van der Waals surface area (Å²) in [5, 5.41) is 0. The minimum absolute atomic E-state index is 0.250. The third kappa shape index (κ3) is 2.59. The lowest BCUT2D eigenvalue weighted by Gasteiger charge is -2.28. The van der Waals surface area contributed by atoms with E-state index in [0.29, 0.717) is 6.42 Å². The molecule has 1 aliphatic rings. The molecule has 0 radical (unpaired) electrons. The Labute approximate surface area is 94.7 Å². The monoisotopic (exact) mass is 227 g/mol. The lowest BCUT2D eigenvalue weighted by Crippen LogP contribution is -2.46. The summed E-state index contributed by atoms with van der Waals surface area (Å²) in [5.41, 5.74) is -0.654. The lowest BCUT2D eigenvalue weighted by atomic mass is 9.95. The predicted octanol–water partition coefficient (Wildman–Crippen LogP) is 1.07. The molecule has 0 N–H and O–H groups in total. The number of ether oxygens (including phenoxy) is 1. The molecule has 5 heteroatoms. The highest BCUT2D eigenvalue weighted by molar-refractivity contribution is 5.99. The summed E-state index contributed by atoms with van der Waals surface area (Å²) in [7, 11) is 0. The Morgan fingerprint density at radius 3 is 2.38 bits per heavy atom. The molecule has 1 rings (SSSR count). The van der Waals surface area contributed by atoms with Gasteiger partial charge in [0, 0.05) is 25.2 Å². The number of likely N-dealkylation sites (tertiary alicyclic amines) is 1. The van der Waals surface area contributed by atoms with Gasteiger partial charge in [-0.1, -0.05) is 20.8 Å². The van der Waals surface area contributed by atoms with E-state index in [9.17, 15) is 14.4 Å². The van der Waals surface area contributed by atoms with Crippen molar-refractivity contribution in [3.05, 3.63) is 0 Å². The summed E-state index contributed by atoms with van der Waals surface area (Å²) in [5.74, 6) is -1.06. The average molecular weight is 227 g/mol. The van der Waals surface area contributed by atoms with E-state index < -0.39 is 17.6 Å². The van der Waals surface area contributed by atoms with Crippen LogP contribution in [0.4, 0.5) is 0 Å². The van der Waals surface area contributed by atoms with Gasteiger partial charge in [-0.15, -0.1) is 0 Å². The highest BCUT2D eigenvalue weighted by atomic mass is 16.6. The Kier molecular flexibility index (Phi) is 3.35. The van der Waals surface area contributed by atoms with Crippen molar-refractivity contribution in [2.45, 2.75) is 46.8 Å². The number of imide groups is 1. The van der Waals surface area contributed by atoms with Gasteiger partial charge in [-0.25, -0.2) is 4.90 Å². The maximum Gasteiger partial charge on any atom is 0.304 e. The molecule has 0 aromatic rings. The molecule has 16 heavy (non-hydrogen) atoms. The van der Waals surface area contributed by atoms with Gasteiger partial charge in [0.1, 0.15) is 0 Å². The molecular weight excluding hydrogens is 210 g/mol. The van der Waals surface area contributed by atoms with Crippen LogP contribution in [0.1, 0.15) is 40.5 Å². The molecule has 1 fully saturated rings. The number of carbonyl (C=O) groups is 3. The summed E-state index contributed by atoms with van der Waals surface area (Å²) >= 11 is 0. The second-order valence-electron chi connectivity index (χ2n) is 4.92. The number of amides is 2. The van der Waals surface area contributed by atoms with Gasteiger partial charge in [0.05, 0.1) is 0 Å². The van der Waals surface area contributed by atoms with E-state index in [0.717, 1.165) is 4.90 Å². The normalized spacial score (nSPS) is 21.1. The second kappa shape index (κ2) is 4.23. The van der Waals surface area contributed by atoms with Gasteiger partial charge in [0.25, 0.3) is 0 Å². The van der Waals surface area contributed by atoms with Crippen LogP contribution < -0.4 is 0 Å². The van der Waals surface area contributed by atoms with E-state index in [1.54, 1.807) is 20.8 Å². The summed E-state index contributed by atoms with van der Waals surface area (Å²) in [6.45, 7) is 6.45. The van der Waals surface area contributed by atoms with Crippen LogP contribution in [-0.2, 0) is 19.1 Å². The smallest absolute Gasteiger partial charge is 0.304 e. The maximum absolute atomic E-state index is 12.0. The molecule has 1 unspecified atom stereocenters. The SMILES string of the molecule is CC(=O)OC1CCC(=O)N1C(=O)C(C)(C)C. The Hall–Kier alpha value is -1.39. The van der Waals surface area contributed by atoms with E-state index in [4.69, 9.17) is 4.74 Å². The Morgan fingerprint density at radius 2 is 1.94 bits per heavy atom. The molecule has 0 saturated carbocycles. The van der Waals surface area contributed by atoms with Crippen molar-refractivity contribution in [1.82, 2.24) is 4.90 Å². The van der Waals surface area contributed by atoms with Gasteiger partial charge in [-0.3, -0.25) is 14.4 Å². The van der Waals surface area contributed by atoms with Crippen molar-refractivity contribution in [3.8, 4) is 0 Å². The molecule has 5 nitrogen and oxygen atoms in total. The van der Waals surface area contributed by atoms with Gasteiger partial charge in [-0.05, 0) is 0 Å². The van der Waals surface area contributed by atoms with Crippen LogP contribution in [0.5, 0.6) is 0 Å². The Bertz CT molecular complexity index is 329. The molecule has 0 spiro atoms. The van der Waals surface area contributed by atoms with Gasteiger partial charge >= 0.3 is 5.97 Å². The van der Waals surface area contributed by atoms with Gasteiger partial charge in [0.15, 0.2) is 6.23 Å². The highest BCUT2D eigenvalue weighted by Gasteiger charge is 2.41. The standard InChI is InChI=1S/C11H17NO4/c1-7(13)16-9-6-5-8(14)12(9)10(15)11(2,3)4/h9H,5-6H2,1-4H3. The molecule has 0 aromatic heterocycles. The van der Waals surface area contributed by atoms with E-state index in [1.807, 2.05) is 0 Å². The zero-order valence-electron chi connectivity index (χ0n) is 10.1. The van der Waals surface area contributed by atoms with Crippen LogP contribution in [0.3, 0.4) is 0 Å². The number of carbonyl (C=O) groups excluding carboxylic acids is 3. The third-order valence-electron chi connectivity index (χ3n) is 2.32. The molecule has 2 amide bonds. The van der Waals surface area contributed by atoms with Crippen molar-refractivity contribution < 1.29 is 19.1 Å². The molecule has 1 atom stereocenters. The number of esters is 1. The first-order valence-corrected chi connectivity index (χ1v) is 5.27. The van der Waals surface area contributed by atoms with E-state index >= 15 is 0 Å². The topological polar surface area (TPSA) is 63.7 Å². The van der Waals surface area contributed by atoms with Gasteiger partial charge in [-0.2, -0.15) is 0 Å². The fourth-order valence-corrected chi connectivity index (χ4v) is 1.57. The molecule has 1 aliphatic heterocycles. The maximum atomic E-state index is 12.0. The van der Waals surface area contributed by atoms with Crippen molar-refractivity contribution in [2.75, 3.05) is 0 Å². The first-order chi connectivity index (χ1) is 7.23. The van der Waals surface area contributed by atoms with Crippen molar-refractivity contribution in [3.63, 3.8) is 0 Å². The fourth-order valence-electron chi connectivity index (χ4n) is 1.57. The molecule has 0 aromatic carbocycles. The van der Waals surface area contributed by atoms with E-state index in [2.05, 4.69) is 0 Å². The molecule has 1 saturated heterocycles. The largest absolute Gasteiger partial charge is 0.441 e. The minimum Gasteiger partial charge on any atom is -0.441 e. The first-order valence-electron chi connectivity index (χ1n) is 5.27. The van der Waals surface area contributed by atoms with Crippen LogP contribution in [0, 0.1) is 5.41 Å². The lowest BCUT2D eigenvalue weighted by molar-refractivity contribution is -0.166. The predicted molar refractivity (Wildman–Crippen MR) is 56.1 cm³/mol. The van der Waals surface area contributed by atoms with E-state index in [-0.39, 0.29) is 18.2 Å².